The number of nitrogens with one attached hydrogen (secondary N) is 2. The highest BCUT2D eigenvalue weighted by Crippen LogP contribution is 2.17. The Balaban J connectivity index is 1.86. The zero-order valence-corrected chi connectivity index (χ0v) is 13.9. The van der Waals surface area contributed by atoms with Gasteiger partial charge in [-0.15, -0.1) is 0 Å². The molecule has 110 valence electrons. The van der Waals surface area contributed by atoms with Crippen molar-refractivity contribution in [2.75, 3.05) is 11.9 Å². The summed E-state index contributed by atoms with van der Waals surface area (Å²) < 4.78 is 0.931. The van der Waals surface area contributed by atoms with Crippen LogP contribution in [0.15, 0.2) is 53.0 Å². The van der Waals surface area contributed by atoms with Crippen LogP contribution in [0, 0.1) is 0 Å². The molecule has 2 N–H and O–H groups in total. The number of anilines is 1. The standard InChI is InChI=1S/C16H16BrClN2O/c1-11(12-4-2-6-14(18)8-12)19-10-16(21)20-15-7-3-5-13(17)9-15/h2-9,11,19H,10H2,1H3,(H,20,21). The van der Waals surface area contributed by atoms with Crippen molar-refractivity contribution in [3.63, 3.8) is 0 Å². The van der Waals surface area contributed by atoms with Gasteiger partial charge in [0, 0.05) is 21.2 Å². The molecule has 2 aromatic carbocycles. The Morgan fingerprint density at radius 1 is 1.24 bits per heavy atom. The number of halogens is 2. The zero-order chi connectivity index (χ0) is 15.2. The molecule has 0 spiro atoms. The topological polar surface area (TPSA) is 41.1 Å². The Kier molecular flexibility index (Phi) is 5.79. The van der Waals surface area contributed by atoms with Crippen molar-refractivity contribution in [1.29, 1.82) is 0 Å². The minimum Gasteiger partial charge on any atom is -0.325 e. The van der Waals surface area contributed by atoms with Crippen LogP contribution in [0.2, 0.25) is 5.02 Å². The van der Waals surface area contributed by atoms with Gasteiger partial charge in [-0.1, -0.05) is 45.7 Å². The summed E-state index contributed by atoms with van der Waals surface area (Å²) in [6.07, 6.45) is 0. The van der Waals surface area contributed by atoms with Crippen LogP contribution in [-0.4, -0.2) is 12.5 Å². The van der Waals surface area contributed by atoms with Gasteiger partial charge in [0.1, 0.15) is 0 Å². The number of benzene rings is 2. The summed E-state index contributed by atoms with van der Waals surface area (Å²) in [7, 11) is 0. The minimum absolute atomic E-state index is 0.0527. The summed E-state index contributed by atoms with van der Waals surface area (Å²) in [4.78, 5) is 11.9. The first-order valence-corrected chi connectivity index (χ1v) is 7.76. The van der Waals surface area contributed by atoms with E-state index in [9.17, 15) is 4.79 Å². The molecule has 0 saturated heterocycles. The molecule has 0 fully saturated rings. The highest BCUT2D eigenvalue weighted by molar-refractivity contribution is 9.10. The van der Waals surface area contributed by atoms with E-state index in [1.54, 1.807) is 0 Å². The van der Waals surface area contributed by atoms with Gasteiger partial charge in [-0.2, -0.15) is 0 Å². The van der Waals surface area contributed by atoms with Gasteiger partial charge in [-0.05, 0) is 42.8 Å². The first-order chi connectivity index (χ1) is 10.0. The second kappa shape index (κ2) is 7.59. The minimum atomic E-state index is -0.0815. The molecular weight excluding hydrogens is 352 g/mol. The molecule has 0 aliphatic rings. The molecule has 0 aromatic heterocycles. The van der Waals surface area contributed by atoms with Crippen molar-refractivity contribution < 1.29 is 4.79 Å². The van der Waals surface area contributed by atoms with Gasteiger partial charge in [-0.25, -0.2) is 0 Å². The first kappa shape index (κ1) is 16.0. The summed E-state index contributed by atoms with van der Waals surface area (Å²) in [6.45, 7) is 2.23. The van der Waals surface area contributed by atoms with E-state index in [0.717, 1.165) is 15.7 Å². The van der Waals surface area contributed by atoms with E-state index in [4.69, 9.17) is 11.6 Å². The van der Waals surface area contributed by atoms with Gasteiger partial charge < -0.3 is 10.6 Å². The third-order valence-corrected chi connectivity index (χ3v) is 3.75. The number of carbonyl (C=O) groups excluding carboxylic acids is 1. The molecule has 1 amide bonds. The fourth-order valence-electron chi connectivity index (χ4n) is 1.91. The average molecular weight is 368 g/mol. The quantitative estimate of drug-likeness (QED) is 0.823. The molecule has 3 nitrogen and oxygen atoms in total. The predicted molar refractivity (Wildman–Crippen MR) is 90.6 cm³/mol. The maximum atomic E-state index is 11.9. The van der Waals surface area contributed by atoms with E-state index in [1.807, 2.05) is 55.5 Å². The van der Waals surface area contributed by atoms with Gasteiger partial charge in [0.15, 0.2) is 0 Å². The number of hydrogen-bond donors (Lipinski definition) is 2. The number of rotatable bonds is 5. The lowest BCUT2D eigenvalue weighted by Crippen LogP contribution is -2.30. The van der Waals surface area contributed by atoms with Crippen molar-refractivity contribution in [2.24, 2.45) is 0 Å². The van der Waals surface area contributed by atoms with E-state index in [1.165, 1.54) is 0 Å². The molecule has 1 unspecified atom stereocenters. The first-order valence-electron chi connectivity index (χ1n) is 6.59. The summed E-state index contributed by atoms with van der Waals surface area (Å²) in [5, 5.41) is 6.72. The zero-order valence-electron chi connectivity index (χ0n) is 11.6. The highest BCUT2D eigenvalue weighted by atomic mass is 79.9. The Morgan fingerprint density at radius 3 is 2.71 bits per heavy atom. The maximum absolute atomic E-state index is 11.9. The lowest BCUT2D eigenvalue weighted by Gasteiger charge is -2.14. The van der Waals surface area contributed by atoms with Gasteiger partial charge in [0.05, 0.1) is 6.54 Å². The number of carbonyl (C=O) groups is 1. The van der Waals surface area contributed by atoms with Crippen LogP contribution in [0.5, 0.6) is 0 Å². The second-order valence-corrected chi connectivity index (χ2v) is 6.07. The van der Waals surface area contributed by atoms with Crippen LogP contribution < -0.4 is 10.6 Å². The molecule has 0 saturated carbocycles. The largest absolute Gasteiger partial charge is 0.325 e. The van der Waals surface area contributed by atoms with E-state index in [-0.39, 0.29) is 18.5 Å². The normalized spacial score (nSPS) is 12.0. The Hall–Kier alpha value is -1.36. The SMILES string of the molecule is CC(NCC(=O)Nc1cccc(Br)c1)c1cccc(Cl)c1. The lowest BCUT2D eigenvalue weighted by molar-refractivity contribution is -0.115. The monoisotopic (exact) mass is 366 g/mol. The molecule has 0 bridgehead atoms. The molecule has 1 atom stereocenters. The van der Waals surface area contributed by atoms with Crippen molar-refractivity contribution in [3.8, 4) is 0 Å². The van der Waals surface area contributed by atoms with Gasteiger partial charge >= 0.3 is 0 Å². The van der Waals surface area contributed by atoms with E-state index < -0.39 is 0 Å². The number of amides is 1. The predicted octanol–water partition coefficient (Wildman–Crippen LogP) is 4.39. The average Bonchev–Trinajstić information content (AvgIpc) is 2.45. The van der Waals surface area contributed by atoms with Crippen LogP contribution in [0.3, 0.4) is 0 Å². The van der Waals surface area contributed by atoms with Crippen LogP contribution in [0.25, 0.3) is 0 Å². The molecule has 0 aliphatic carbocycles. The fraction of sp³-hybridized carbons (Fsp3) is 0.188. The summed E-state index contributed by atoms with van der Waals surface area (Å²) in [6, 6.07) is 15.2. The molecule has 0 heterocycles. The summed E-state index contributed by atoms with van der Waals surface area (Å²) in [5.74, 6) is -0.0815. The molecule has 5 heteroatoms. The molecule has 2 rings (SSSR count). The van der Waals surface area contributed by atoms with Crippen molar-refractivity contribution in [2.45, 2.75) is 13.0 Å². The van der Waals surface area contributed by atoms with Crippen molar-refractivity contribution in [3.05, 3.63) is 63.6 Å². The van der Waals surface area contributed by atoms with Crippen LogP contribution >= 0.6 is 27.5 Å². The number of hydrogen-bond acceptors (Lipinski definition) is 2. The second-order valence-electron chi connectivity index (χ2n) is 4.72. The van der Waals surface area contributed by atoms with E-state index in [2.05, 4.69) is 26.6 Å². The van der Waals surface area contributed by atoms with Gasteiger partial charge in [-0.3, -0.25) is 4.79 Å². The lowest BCUT2D eigenvalue weighted by atomic mass is 10.1. The van der Waals surface area contributed by atoms with Gasteiger partial charge in [0.25, 0.3) is 0 Å². The van der Waals surface area contributed by atoms with Gasteiger partial charge in [0.2, 0.25) is 5.91 Å². The molecule has 0 aliphatic heterocycles. The van der Waals surface area contributed by atoms with Crippen LogP contribution in [0.1, 0.15) is 18.5 Å². The molecule has 21 heavy (non-hydrogen) atoms. The smallest absolute Gasteiger partial charge is 0.238 e. The Bertz CT molecular complexity index is 633. The molecular formula is C16H16BrClN2O. The van der Waals surface area contributed by atoms with E-state index >= 15 is 0 Å². The molecule has 0 radical (unpaired) electrons. The van der Waals surface area contributed by atoms with E-state index in [0.29, 0.717) is 5.02 Å². The summed E-state index contributed by atoms with van der Waals surface area (Å²) in [5.41, 5.74) is 1.82. The third-order valence-electron chi connectivity index (χ3n) is 3.03. The fourth-order valence-corrected chi connectivity index (χ4v) is 2.51. The maximum Gasteiger partial charge on any atom is 0.238 e. The Morgan fingerprint density at radius 2 is 2.00 bits per heavy atom. The molecule has 2 aromatic rings. The summed E-state index contributed by atoms with van der Waals surface area (Å²) >= 11 is 9.33. The van der Waals surface area contributed by atoms with Crippen LogP contribution in [0.4, 0.5) is 5.69 Å². The third kappa shape index (κ3) is 5.16. The highest BCUT2D eigenvalue weighted by Gasteiger charge is 2.08. The van der Waals surface area contributed by atoms with Crippen LogP contribution in [-0.2, 0) is 4.79 Å². The Labute approximate surface area is 137 Å². The van der Waals surface area contributed by atoms with Crippen molar-refractivity contribution >= 4 is 39.1 Å². The van der Waals surface area contributed by atoms with Crippen molar-refractivity contribution in [1.82, 2.24) is 5.32 Å².